The number of amides is 1. The van der Waals surface area contributed by atoms with Gasteiger partial charge in [-0.05, 0) is 44.2 Å². The van der Waals surface area contributed by atoms with E-state index in [0.29, 0.717) is 5.82 Å². The highest BCUT2D eigenvalue weighted by Gasteiger charge is 2.16. The van der Waals surface area contributed by atoms with Crippen molar-refractivity contribution in [2.24, 2.45) is 0 Å². The summed E-state index contributed by atoms with van der Waals surface area (Å²) in [7, 11) is 0. The van der Waals surface area contributed by atoms with Crippen LogP contribution < -0.4 is 5.32 Å². The molecule has 4 nitrogen and oxygen atoms in total. The van der Waals surface area contributed by atoms with E-state index < -0.39 is 0 Å². The Kier molecular flexibility index (Phi) is 3.87. The lowest BCUT2D eigenvalue weighted by Crippen LogP contribution is -2.11. The number of nitrogens with one attached hydrogen (secondary N) is 2. The van der Waals surface area contributed by atoms with Gasteiger partial charge < -0.3 is 5.32 Å². The first-order valence-corrected chi connectivity index (χ1v) is 7.98. The van der Waals surface area contributed by atoms with E-state index in [0.717, 1.165) is 23.3 Å². The number of thiophene rings is 1. The van der Waals surface area contributed by atoms with E-state index in [1.54, 1.807) is 17.5 Å². The first kappa shape index (κ1) is 13.4. The van der Waals surface area contributed by atoms with Crippen LogP contribution in [0.25, 0.3) is 0 Å². The molecule has 0 atom stereocenters. The first-order valence-electron chi connectivity index (χ1n) is 7.17. The van der Waals surface area contributed by atoms with Gasteiger partial charge in [0.25, 0.3) is 5.91 Å². The number of aromatic nitrogens is 2. The van der Waals surface area contributed by atoms with Crippen LogP contribution in [0.4, 0.5) is 5.82 Å². The average molecular weight is 289 g/mol. The second-order valence-electron chi connectivity index (χ2n) is 5.36. The maximum atomic E-state index is 12.3. The van der Waals surface area contributed by atoms with Crippen molar-refractivity contribution in [3.63, 3.8) is 0 Å². The van der Waals surface area contributed by atoms with Crippen molar-refractivity contribution in [2.45, 2.75) is 45.4 Å². The zero-order valence-corrected chi connectivity index (χ0v) is 12.5. The highest BCUT2D eigenvalue weighted by molar-refractivity contribution is 7.14. The number of H-pyrrole nitrogens is 1. The molecule has 0 aromatic carbocycles. The van der Waals surface area contributed by atoms with Crippen LogP contribution >= 0.6 is 11.3 Å². The lowest BCUT2D eigenvalue weighted by molar-refractivity contribution is 0.103. The van der Waals surface area contributed by atoms with E-state index in [2.05, 4.69) is 21.6 Å². The summed E-state index contributed by atoms with van der Waals surface area (Å²) in [5, 5.41) is 9.63. The maximum absolute atomic E-state index is 12.3. The van der Waals surface area contributed by atoms with Crippen molar-refractivity contribution in [2.75, 3.05) is 5.32 Å². The zero-order valence-electron chi connectivity index (χ0n) is 11.7. The number of hydrogen-bond donors (Lipinski definition) is 2. The van der Waals surface area contributed by atoms with Gasteiger partial charge in [-0.25, -0.2) is 0 Å². The molecule has 1 aliphatic rings. The molecule has 0 aliphatic heterocycles. The Balaban J connectivity index is 1.78. The third kappa shape index (κ3) is 2.77. The van der Waals surface area contributed by atoms with Gasteiger partial charge in [-0.3, -0.25) is 9.89 Å². The van der Waals surface area contributed by atoms with Crippen molar-refractivity contribution < 1.29 is 4.79 Å². The molecule has 2 heterocycles. The summed E-state index contributed by atoms with van der Waals surface area (Å²) >= 11 is 1.65. The Morgan fingerprint density at radius 2 is 2.10 bits per heavy atom. The molecule has 3 rings (SSSR count). The fourth-order valence-corrected chi connectivity index (χ4v) is 3.75. The number of carbonyl (C=O) groups excluding carboxylic acids is 1. The first-order chi connectivity index (χ1) is 9.74. The third-order valence-electron chi connectivity index (χ3n) is 3.79. The van der Waals surface area contributed by atoms with Crippen molar-refractivity contribution in [1.82, 2.24) is 10.2 Å². The van der Waals surface area contributed by atoms with E-state index in [9.17, 15) is 4.79 Å². The predicted octanol–water partition coefficient (Wildman–Crippen LogP) is 3.69. The molecule has 106 valence electrons. The van der Waals surface area contributed by atoms with Crippen LogP contribution in [0.5, 0.6) is 0 Å². The number of aromatic amines is 1. The molecule has 0 unspecified atom stereocenters. The monoisotopic (exact) mass is 289 g/mol. The number of fused-ring (bicyclic) bond motifs is 1. The van der Waals surface area contributed by atoms with Gasteiger partial charge in [-0.1, -0.05) is 12.8 Å². The SMILES string of the molecule is Cc1cn[nH]c1NC(=O)c1cc2c(s1)CCCCCC2. The second-order valence-corrected chi connectivity index (χ2v) is 6.49. The molecule has 20 heavy (non-hydrogen) atoms. The van der Waals surface area contributed by atoms with Gasteiger partial charge in [0.1, 0.15) is 5.82 Å². The van der Waals surface area contributed by atoms with E-state index in [-0.39, 0.29) is 5.91 Å². The number of hydrogen-bond acceptors (Lipinski definition) is 3. The summed E-state index contributed by atoms with van der Waals surface area (Å²) in [4.78, 5) is 14.5. The van der Waals surface area contributed by atoms with Crippen LogP contribution in [0.1, 0.15) is 51.4 Å². The highest BCUT2D eigenvalue weighted by atomic mass is 32.1. The summed E-state index contributed by atoms with van der Waals surface area (Å²) in [5.74, 6) is 0.657. The molecule has 0 spiro atoms. The third-order valence-corrected chi connectivity index (χ3v) is 5.02. The average Bonchev–Trinajstić information content (AvgIpc) is 2.97. The second kappa shape index (κ2) is 5.79. The smallest absolute Gasteiger partial charge is 0.266 e. The van der Waals surface area contributed by atoms with Crippen LogP contribution in [0.3, 0.4) is 0 Å². The summed E-state index contributed by atoms with van der Waals surface area (Å²) in [6.07, 6.45) is 9.05. The van der Waals surface area contributed by atoms with Gasteiger partial charge in [-0.2, -0.15) is 5.10 Å². The molecule has 0 saturated carbocycles. The Bertz CT molecular complexity index is 589. The molecule has 1 amide bonds. The summed E-state index contributed by atoms with van der Waals surface area (Å²) < 4.78 is 0. The minimum Gasteiger partial charge on any atom is -0.306 e. The molecule has 1 aliphatic carbocycles. The molecule has 2 aromatic rings. The van der Waals surface area contributed by atoms with Gasteiger partial charge in [-0.15, -0.1) is 11.3 Å². The van der Waals surface area contributed by atoms with Crippen molar-refractivity contribution in [3.8, 4) is 0 Å². The van der Waals surface area contributed by atoms with Crippen LogP contribution in [-0.4, -0.2) is 16.1 Å². The fraction of sp³-hybridized carbons (Fsp3) is 0.467. The normalized spacial score (nSPS) is 15.2. The largest absolute Gasteiger partial charge is 0.306 e. The van der Waals surface area contributed by atoms with Crippen molar-refractivity contribution >= 4 is 23.1 Å². The molecular weight excluding hydrogens is 270 g/mol. The van der Waals surface area contributed by atoms with Gasteiger partial charge in [0.2, 0.25) is 0 Å². The lowest BCUT2D eigenvalue weighted by Gasteiger charge is -2.07. The van der Waals surface area contributed by atoms with Gasteiger partial charge in [0.15, 0.2) is 0 Å². The number of carbonyl (C=O) groups is 1. The number of rotatable bonds is 2. The quantitative estimate of drug-likeness (QED) is 0.885. The van der Waals surface area contributed by atoms with Gasteiger partial charge in [0.05, 0.1) is 11.1 Å². The topological polar surface area (TPSA) is 57.8 Å². The number of anilines is 1. The van der Waals surface area contributed by atoms with E-state index in [1.807, 2.05) is 6.92 Å². The molecule has 0 bridgehead atoms. The van der Waals surface area contributed by atoms with Crippen LogP contribution in [0, 0.1) is 6.92 Å². The molecule has 0 saturated heterocycles. The Labute approximate surface area is 122 Å². The summed E-state index contributed by atoms with van der Waals surface area (Å²) in [5.41, 5.74) is 2.33. The van der Waals surface area contributed by atoms with E-state index in [1.165, 1.54) is 36.1 Å². The molecule has 2 N–H and O–H groups in total. The van der Waals surface area contributed by atoms with Crippen LogP contribution in [0.15, 0.2) is 12.3 Å². The van der Waals surface area contributed by atoms with Crippen molar-refractivity contribution in [3.05, 3.63) is 33.1 Å². The Morgan fingerprint density at radius 3 is 2.85 bits per heavy atom. The van der Waals surface area contributed by atoms with E-state index >= 15 is 0 Å². The van der Waals surface area contributed by atoms with Crippen LogP contribution in [0.2, 0.25) is 0 Å². The Hall–Kier alpha value is -1.62. The molecule has 0 fully saturated rings. The minimum absolute atomic E-state index is 0.0332. The zero-order chi connectivity index (χ0) is 13.9. The minimum atomic E-state index is -0.0332. The standard InChI is InChI=1S/C15H19N3OS/c1-10-9-16-18-14(10)17-15(19)13-8-11-6-4-2-3-5-7-12(11)20-13/h8-9H,2-7H2,1H3,(H2,16,17,18,19). The molecule has 5 heteroatoms. The van der Waals surface area contributed by atoms with Crippen molar-refractivity contribution in [1.29, 1.82) is 0 Å². The predicted molar refractivity (Wildman–Crippen MR) is 81.5 cm³/mol. The highest BCUT2D eigenvalue weighted by Crippen LogP contribution is 2.29. The molecule has 0 radical (unpaired) electrons. The summed E-state index contributed by atoms with van der Waals surface area (Å²) in [6, 6.07) is 2.08. The van der Waals surface area contributed by atoms with Gasteiger partial charge >= 0.3 is 0 Å². The number of aryl methyl sites for hydroxylation is 3. The molecule has 2 aromatic heterocycles. The molecular formula is C15H19N3OS. The summed E-state index contributed by atoms with van der Waals surface area (Å²) in [6.45, 7) is 1.92. The fourth-order valence-electron chi connectivity index (χ4n) is 2.60. The van der Waals surface area contributed by atoms with Crippen LogP contribution in [-0.2, 0) is 12.8 Å². The Morgan fingerprint density at radius 1 is 1.30 bits per heavy atom. The maximum Gasteiger partial charge on any atom is 0.266 e. The van der Waals surface area contributed by atoms with E-state index in [4.69, 9.17) is 0 Å². The lowest BCUT2D eigenvalue weighted by atomic mass is 10.00. The van der Waals surface area contributed by atoms with Gasteiger partial charge in [0, 0.05) is 10.4 Å². The number of nitrogens with zero attached hydrogens (tertiary/aromatic N) is 1.